The molecule has 4 rings (SSSR count). The van der Waals surface area contributed by atoms with Crippen LogP contribution in [0.3, 0.4) is 0 Å². The molecule has 8 heteroatoms. The summed E-state index contributed by atoms with van der Waals surface area (Å²) >= 11 is 0. The second kappa shape index (κ2) is 9.26. The number of carbonyl (C=O) groups is 2. The van der Waals surface area contributed by atoms with E-state index in [1.54, 1.807) is 30.1 Å². The summed E-state index contributed by atoms with van der Waals surface area (Å²) in [6, 6.07) is 13.7. The van der Waals surface area contributed by atoms with Crippen molar-refractivity contribution in [2.45, 2.75) is 25.4 Å². The van der Waals surface area contributed by atoms with E-state index >= 15 is 0 Å². The predicted molar refractivity (Wildman–Crippen MR) is 116 cm³/mol. The highest BCUT2D eigenvalue weighted by atomic mass is 19.1. The number of rotatable bonds is 7. The fraction of sp³-hybridized carbons (Fsp3) is 0.348. The van der Waals surface area contributed by atoms with Gasteiger partial charge >= 0.3 is 0 Å². The Morgan fingerprint density at radius 3 is 2.81 bits per heavy atom. The second-order valence-electron chi connectivity index (χ2n) is 7.84. The molecular weight excluding hydrogens is 397 g/mol. The predicted octanol–water partition coefficient (Wildman–Crippen LogP) is 2.09. The number of aromatic nitrogens is 2. The van der Waals surface area contributed by atoms with Gasteiger partial charge in [-0.1, -0.05) is 30.3 Å². The zero-order valence-corrected chi connectivity index (χ0v) is 17.5. The van der Waals surface area contributed by atoms with Crippen molar-refractivity contribution in [3.63, 3.8) is 0 Å². The van der Waals surface area contributed by atoms with Crippen molar-refractivity contribution in [2.24, 2.45) is 0 Å². The third-order valence-electron chi connectivity index (χ3n) is 5.69. The third-order valence-corrected chi connectivity index (χ3v) is 5.69. The second-order valence-corrected chi connectivity index (χ2v) is 7.84. The number of para-hydroxylation sites is 2. The van der Waals surface area contributed by atoms with Gasteiger partial charge in [-0.2, -0.15) is 0 Å². The minimum atomic E-state index is -0.616. The third kappa shape index (κ3) is 4.91. The molecule has 162 valence electrons. The largest absolute Gasteiger partial charge is 0.353 e. The molecule has 1 aromatic heterocycles. The number of halogens is 1. The van der Waals surface area contributed by atoms with Crippen LogP contribution < -0.4 is 5.32 Å². The summed E-state index contributed by atoms with van der Waals surface area (Å²) in [6.07, 6.45) is 0.643. The van der Waals surface area contributed by atoms with E-state index in [0.29, 0.717) is 38.2 Å². The number of fused-ring (bicyclic) bond motifs is 1. The molecule has 0 radical (unpaired) electrons. The van der Waals surface area contributed by atoms with Gasteiger partial charge in [0.2, 0.25) is 11.8 Å². The topological polar surface area (TPSA) is 81.3 Å². The normalized spacial score (nSPS) is 17.0. The quantitative estimate of drug-likeness (QED) is 0.610. The Morgan fingerprint density at radius 1 is 1.23 bits per heavy atom. The van der Waals surface area contributed by atoms with Crippen LogP contribution in [0.25, 0.3) is 11.0 Å². The van der Waals surface area contributed by atoms with Crippen LogP contribution in [0.5, 0.6) is 0 Å². The maximum Gasteiger partial charge on any atom is 0.237 e. The zero-order valence-electron chi connectivity index (χ0n) is 17.5. The summed E-state index contributed by atoms with van der Waals surface area (Å²) in [5.41, 5.74) is 2.39. The standard InChI is InChI=1S/C23H26FN5O2/c1-28(12-10-21-26-18-8-4-5-9-19(18)27-21)22(30)14-20-23(31)25-11-13-29(20)15-16-6-2-3-7-17(16)24/h2-9,20H,10-15H2,1H3,(H,25,31)(H,26,27)/t20-/m0/s1. The molecule has 0 bridgehead atoms. The molecule has 7 nitrogen and oxygen atoms in total. The van der Waals surface area contributed by atoms with Gasteiger partial charge in [-0.3, -0.25) is 14.5 Å². The molecule has 0 unspecified atom stereocenters. The fourth-order valence-electron chi connectivity index (χ4n) is 3.86. The van der Waals surface area contributed by atoms with E-state index in [-0.39, 0.29) is 24.1 Å². The number of amides is 2. The first-order valence-corrected chi connectivity index (χ1v) is 10.4. The van der Waals surface area contributed by atoms with E-state index < -0.39 is 6.04 Å². The molecule has 1 atom stereocenters. The smallest absolute Gasteiger partial charge is 0.237 e. The number of benzene rings is 2. The Bertz CT molecular complexity index is 1050. The molecule has 1 saturated heterocycles. The maximum atomic E-state index is 14.1. The minimum Gasteiger partial charge on any atom is -0.353 e. The Hall–Kier alpha value is -3.26. The van der Waals surface area contributed by atoms with Crippen LogP contribution in [-0.2, 0) is 22.6 Å². The number of nitrogens with zero attached hydrogens (tertiary/aromatic N) is 3. The van der Waals surface area contributed by atoms with Crippen molar-refractivity contribution in [1.82, 2.24) is 25.1 Å². The number of imidazole rings is 1. The lowest BCUT2D eigenvalue weighted by atomic mass is 10.1. The molecule has 1 aliphatic heterocycles. The summed E-state index contributed by atoms with van der Waals surface area (Å²) in [5, 5.41) is 2.82. The number of nitrogens with one attached hydrogen (secondary N) is 2. The molecule has 0 aliphatic carbocycles. The highest BCUT2D eigenvalue weighted by Crippen LogP contribution is 2.17. The van der Waals surface area contributed by atoms with Gasteiger partial charge in [0.25, 0.3) is 0 Å². The Morgan fingerprint density at radius 2 is 2.00 bits per heavy atom. The van der Waals surface area contributed by atoms with Crippen LogP contribution in [0.15, 0.2) is 48.5 Å². The number of piperazine rings is 1. The number of likely N-dealkylation sites (N-methyl/N-ethyl adjacent to an activating group) is 1. The van der Waals surface area contributed by atoms with E-state index in [2.05, 4.69) is 15.3 Å². The van der Waals surface area contributed by atoms with Crippen molar-refractivity contribution >= 4 is 22.8 Å². The van der Waals surface area contributed by atoms with Gasteiger partial charge in [-0.25, -0.2) is 9.37 Å². The maximum absolute atomic E-state index is 14.1. The minimum absolute atomic E-state index is 0.0525. The molecule has 3 aromatic rings. The molecule has 2 N–H and O–H groups in total. The van der Waals surface area contributed by atoms with Gasteiger partial charge in [0.05, 0.1) is 23.5 Å². The van der Waals surface area contributed by atoms with E-state index in [9.17, 15) is 14.0 Å². The molecule has 2 aromatic carbocycles. The first-order chi connectivity index (χ1) is 15.0. The highest BCUT2D eigenvalue weighted by Gasteiger charge is 2.32. The van der Waals surface area contributed by atoms with E-state index in [4.69, 9.17) is 0 Å². The summed E-state index contributed by atoms with van der Waals surface area (Å²) < 4.78 is 14.1. The lowest BCUT2D eigenvalue weighted by Gasteiger charge is -2.35. The summed E-state index contributed by atoms with van der Waals surface area (Å²) in [4.78, 5) is 36.6. The van der Waals surface area contributed by atoms with Crippen molar-refractivity contribution < 1.29 is 14.0 Å². The molecule has 0 saturated carbocycles. The van der Waals surface area contributed by atoms with Crippen LogP contribution in [0, 0.1) is 5.82 Å². The van der Waals surface area contributed by atoms with E-state index in [1.165, 1.54) is 6.07 Å². The number of carbonyl (C=O) groups excluding carboxylic acids is 2. The van der Waals surface area contributed by atoms with Gasteiger partial charge < -0.3 is 15.2 Å². The summed E-state index contributed by atoms with van der Waals surface area (Å²) in [7, 11) is 1.73. The first kappa shape index (κ1) is 21.0. The van der Waals surface area contributed by atoms with Gasteiger partial charge in [0.1, 0.15) is 11.6 Å². The Balaban J connectivity index is 1.37. The molecule has 0 spiro atoms. The van der Waals surface area contributed by atoms with Crippen LogP contribution in [0.4, 0.5) is 4.39 Å². The van der Waals surface area contributed by atoms with Crippen LogP contribution in [0.1, 0.15) is 17.8 Å². The van der Waals surface area contributed by atoms with Gasteiger partial charge in [0, 0.05) is 45.2 Å². The van der Waals surface area contributed by atoms with Crippen molar-refractivity contribution in [3.05, 3.63) is 65.7 Å². The van der Waals surface area contributed by atoms with Gasteiger partial charge in [-0.15, -0.1) is 0 Å². The number of aromatic amines is 1. The molecule has 2 amide bonds. The van der Waals surface area contributed by atoms with Crippen LogP contribution in [0.2, 0.25) is 0 Å². The van der Waals surface area contributed by atoms with E-state index in [1.807, 2.05) is 29.2 Å². The highest BCUT2D eigenvalue weighted by molar-refractivity contribution is 5.88. The average Bonchev–Trinajstić information content (AvgIpc) is 3.19. The Kier molecular flexibility index (Phi) is 6.27. The first-order valence-electron chi connectivity index (χ1n) is 10.4. The fourth-order valence-corrected chi connectivity index (χ4v) is 3.86. The van der Waals surface area contributed by atoms with Crippen LogP contribution >= 0.6 is 0 Å². The number of H-pyrrole nitrogens is 1. The van der Waals surface area contributed by atoms with Crippen molar-refractivity contribution in [3.8, 4) is 0 Å². The van der Waals surface area contributed by atoms with Crippen LogP contribution in [-0.4, -0.2) is 64.3 Å². The zero-order chi connectivity index (χ0) is 21.8. The monoisotopic (exact) mass is 423 g/mol. The molecule has 31 heavy (non-hydrogen) atoms. The molecule has 1 aliphatic rings. The van der Waals surface area contributed by atoms with Gasteiger partial charge in [-0.05, 0) is 18.2 Å². The average molecular weight is 423 g/mol. The molecule has 1 fully saturated rings. The molecular formula is C23H26FN5O2. The summed E-state index contributed by atoms with van der Waals surface area (Å²) in [6.45, 7) is 1.83. The Labute approximate surface area is 180 Å². The lowest BCUT2D eigenvalue weighted by Crippen LogP contribution is -2.56. The summed E-state index contributed by atoms with van der Waals surface area (Å²) in [5.74, 6) is 0.192. The van der Waals surface area contributed by atoms with E-state index in [0.717, 1.165) is 16.9 Å². The number of hydrogen-bond acceptors (Lipinski definition) is 4. The van der Waals surface area contributed by atoms with Gasteiger partial charge in [0.15, 0.2) is 0 Å². The lowest BCUT2D eigenvalue weighted by molar-refractivity contribution is -0.138. The number of hydrogen-bond donors (Lipinski definition) is 2. The SMILES string of the molecule is CN(CCc1nc2ccccc2[nH]1)C(=O)C[C@H]1C(=O)NCCN1Cc1ccccc1F. The van der Waals surface area contributed by atoms with Crippen molar-refractivity contribution in [2.75, 3.05) is 26.7 Å². The van der Waals surface area contributed by atoms with Crippen molar-refractivity contribution in [1.29, 1.82) is 0 Å². The molecule has 2 heterocycles.